The van der Waals surface area contributed by atoms with E-state index in [1.807, 2.05) is 0 Å². The van der Waals surface area contributed by atoms with Crippen molar-refractivity contribution in [2.24, 2.45) is 23.7 Å². The third-order valence-corrected chi connectivity index (χ3v) is 7.68. The van der Waals surface area contributed by atoms with Gasteiger partial charge >= 0.3 is 6.18 Å². The van der Waals surface area contributed by atoms with Crippen LogP contribution in [0.4, 0.5) is 13.2 Å². The number of amides is 1. The minimum Gasteiger partial charge on any atom is -0.353 e. The summed E-state index contributed by atoms with van der Waals surface area (Å²) >= 11 is 0. The predicted molar refractivity (Wildman–Crippen MR) is 103 cm³/mol. The largest absolute Gasteiger partial charge is 0.453 e. The fourth-order valence-corrected chi connectivity index (χ4v) is 6.44. The van der Waals surface area contributed by atoms with Crippen molar-refractivity contribution in [2.45, 2.75) is 71.0 Å². The normalized spacial score (nSPS) is 30.2. The fourth-order valence-electron chi connectivity index (χ4n) is 6.44. The SMILES string of the molecule is Cc1nc2nc(C(F)(F)F)nn2c(C)c1CCC(=O)NC1CC2CC1C1CCCC21. The minimum absolute atomic E-state index is 0.00978. The predicted octanol–water partition coefficient (Wildman–Crippen LogP) is 3.63. The monoisotopic (exact) mass is 421 g/mol. The van der Waals surface area contributed by atoms with Crippen LogP contribution in [-0.4, -0.2) is 31.5 Å². The lowest BCUT2D eigenvalue weighted by Crippen LogP contribution is -2.42. The summed E-state index contributed by atoms with van der Waals surface area (Å²) < 4.78 is 39.9. The first-order valence-corrected chi connectivity index (χ1v) is 10.8. The van der Waals surface area contributed by atoms with Gasteiger partial charge in [0, 0.05) is 23.9 Å². The van der Waals surface area contributed by atoms with Crippen molar-refractivity contribution in [2.75, 3.05) is 0 Å². The van der Waals surface area contributed by atoms with E-state index >= 15 is 0 Å². The van der Waals surface area contributed by atoms with E-state index in [0.29, 0.717) is 23.7 Å². The molecule has 3 saturated carbocycles. The molecule has 0 radical (unpaired) electrons. The second-order valence-corrected chi connectivity index (χ2v) is 9.23. The number of hydrogen-bond acceptors (Lipinski definition) is 4. The second kappa shape index (κ2) is 6.92. The zero-order chi connectivity index (χ0) is 21.2. The molecule has 3 aliphatic carbocycles. The molecule has 3 aliphatic rings. The maximum Gasteiger partial charge on any atom is 0.453 e. The number of aryl methyl sites for hydroxylation is 2. The molecule has 30 heavy (non-hydrogen) atoms. The Bertz CT molecular complexity index is 1000. The highest BCUT2D eigenvalue weighted by atomic mass is 19.4. The third-order valence-electron chi connectivity index (χ3n) is 7.68. The van der Waals surface area contributed by atoms with E-state index in [4.69, 9.17) is 0 Å². The van der Waals surface area contributed by atoms with Crippen LogP contribution in [0.5, 0.6) is 0 Å². The van der Waals surface area contributed by atoms with Crippen LogP contribution in [0, 0.1) is 37.5 Å². The highest BCUT2D eigenvalue weighted by molar-refractivity contribution is 5.76. The zero-order valence-electron chi connectivity index (χ0n) is 17.2. The van der Waals surface area contributed by atoms with Gasteiger partial charge in [-0.1, -0.05) is 6.42 Å². The summed E-state index contributed by atoms with van der Waals surface area (Å²) in [7, 11) is 0. The fraction of sp³-hybridized carbons (Fsp3) is 0.714. The first-order chi connectivity index (χ1) is 14.2. The van der Waals surface area contributed by atoms with Crippen molar-refractivity contribution in [1.29, 1.82) is 0 Å². The lowest BCUT2D eigenvalue weighted by atomic mass is 9.79. The molecule has 2 bridgehead atoms. The molecule has 5 rings (SSSR count). The highest BCUT2D eigenvalue weighted by Gasteiger charge is 2.53. The van der Waals surface area contributed by atoms with Crippen LogP contribution in [0.3, 0.4) is 0 Å². The Labute approximate surface area is 172 Å². The number of carbonyl (C=O) groups is 1. The Morgan fingerprint density at radius 3 is 2.67 bits per heavy atom. The van der Waals surface area contributed by atoms with Gasteiger partial charge in [0.1, 0.15) is 0 Å². The topological polar surface area (TPSA) is 72.2 Å². The van der Waals surface area contributed by atoms with E-state index in [0.717, 1.165) is 34.3 Å². The van der Waals surface area contributed by atoms with Gasteiger partial charge in [-0.3, -0.25) is 4.79 Å². The summed E-state index contributed by atoms with van der Waals surface area (Å²) in [5, 5.41) is 6.82. The van der Waals surface area contributed by atoms with Crippen molar-refractivity contribution in [3.05, 3.63) is 22.8 Å². The van der Waals surface area contributed by atoms with E-state index in [9.17, 15) is 18.0 Å². The van der Waals surface area contributed by atoms with Gasteiger partial charge in [-0.25, -0.2) is 9.50 Å². The smallest absolute Gasteiger partial charge is 0.353 e. The van der Waals surface area contributed by atoms with E-state index in [-0.39, 0.29) is 24.1 Å². The van der Waals surface area contributed by atoms with Gasteiger partial charge in [0.05, 0.1) is 0 Å². The van der Waals surface area contributed by atoms with Crippen molar-refractivity contribution < 1.29 is 18.0 Å². The molecule has 0 saturated heterocycles. The average molecular weight is 421 g/mol. The summed E-state index contributed by atoms with van der Waals surface area (Å²) in [4.78, 5) is 20.3. The molecule has 0 aliphatic heterocycles. The van der Waals surface area contributed by atoms with Gasteiger partial charge in [0.15, 0.2) is 0 Å². The lowest BCUT2D eigenvalue weighted by Gasteiger charge is -2.32. The first kappa shape index (κ1) is 19.8. The van der Waals surface area contributed by atoms with Crippen LogP contribution in [0.15, 0.2) is 0 Å². The number of hydrogen-bond donors (Lipinski definition) is 1. The molecule has 3 fully saturated rings. The quantitative estimate of drug-likeness (QED) is 0.818. The molecule has 2 aromatic rings. The van der Waals surface area contributed by atoms with Gasteiger partial charge in [-0.2, -0.15) is 18.2 Å². The summed E-state index contributed by atoms with van der Waals surface area (Å²) in [6.07, 6.45) is 2.44. The molecule has 2 aromatic heterocycles. The summed E-state index contributed by atoms with van der Waals surface area (Å²) in [5.74, 6) is 1.82. The second-order valence-electron chi connectivity index (χ2n) is 9.23. The summed E-state index contributed by atoms with van der Waals surface area (Å²) in [6.45, 7) is 3.43. The zero-order valence-corrected chi connectivity index (χ0v) is 17.2. The van der Waals surface area contributed by atoms with Crippen molar-refractivity contribution in [3.63, 3.8) is 0 Å². The number of nitrogens with one attached hydrogen (secondary N) is 1. The number of halogens is 3. The molecule has 9 heteroatoms. The summed E-state index contributed by atoms with van der Waals surface area (Å²) in [6, 6.07) is 0.286. The van der Waals surface area contributed by atoms with Gasteiger partial charge in [-0.15, -0.1) is 5.10 Å². The Morgan fingerprint density at radius 2 is 1.90 bits per heavy atom. The maximum atomic E-state index is 12.9. The Kier molecular flexibility index (Phi) is 4.56. The molecule has 5 unspecified atom stereocenters. The molecule has 162 valence electrons. The maximum absolute atomic E-state index is 12.9. The lowest BCUT2D eigenvalue weighted by molar-refractivity contribution is -0.144. The third kappa shape index (κ3) is 3.17. The molecule has 6 nitrogen and oxygen atoms in total. The number of alkyl halides is 3. The van der Waals surface area contributed by atoms with Crippen molar-refractivity contribution in [3.8, 4) is 0 Å². The number of nitrogens with zero attached hydrogens (tertiary/aromatic N) is 4. The van der Waals surface area contributed by atoms with Gasteiger partial charge in [0.2, 0.25) is 5.91 Å². The van der Waals surface area contributed by atoms with Gasteiger partial charge in [0.25, 0.3) is 11.6 Å². The molecule has 5 atom stereocenters. The highest BCUT2D eigenvalue weighted by Crippen LogP contribution is 2.58. The van der Waals surface area contributed by atoms with Gasteiger partial charge in [-0.05, 0) is 75.2 Å². The molecule has 1 amide bonds. The minimum atomic E-state index is -4.62. The Hall–Kier alpha value is -2.19. The van der Waals surface area contributed by atoms with Crippen LogP contribution in [0.25, 0.3) is 5.78 Å². The molecular weight excluding hydrogens is 395 g/mol. The first-order valence-electron chi connectivity index (χ1n) is 10.8. The van der Waals surface area contributed by atoms with Gasteiger partial charge < -0.3 is 5.32 Å². The molecular formula is C21H26F3N5O. The summed E-state index contributed by atoms with van der Waals surface area (Å²) in [5.41, 5.74) is 1.88. The average Bonchev–Trinajstić information content (AvgIpc) is 3.41. The van der Waals surface area contributed by atoms with E-state index in [1.165, 1.54) is 25.7 Å². The molecule has 0 spiro atoms. The van der Waals surface area contributed by atoms with Crippen LogP contribution >= 0.6 is 0 Å². The molecule has 1 N–H and O–H groups in total. The number of rotatable bonds is 4. The van der Waals surface area contributed by atoms with Crippen molar-refractivity contribution in [1.82, 2.24) is 24.9 Å². The van der Waals surface area contributed by atoms with E-state index in [1.54, 1.807) is 13.8 Å². The number of fused-ring (bicyclic) bond motifs is 6. The molecule has 0 aromatic carbocycles. The number of aromatic nitrogens is 4. The van der Waals surface area contributed by atoms with Crippen molar-refractivity contribution >= 4 is 11.7 Å². The van der Waals surface area contributed by atoms with Crippen LogP contribution < -0.4 is 5.32 Å². The molecule has 2 heterocycles. The van der Waals surface area contributed by atoms with Crippen LogP contribution in [0.2, 0.25) is 0 Å². The van der Waals surface area contributed by atoms with E-state index in [2.05, 4.69) is 20.4 Å². The number of carbonyl (C=O) groups excluding carboxylic acids is 1. The Morgan fingerprint density at radius 1 is 1.13 bits per heavy atom. The van der Waals surface area contributed by atoms with E-state index < -0.39 is 12.0 Å². The van der Waals surface area contributed by atoms with Crippen LogP contribution in [-0.2, 0) is 17.4 Å². The Balaban J connectivity index is 1.26. The standard InChI is InChI=1S/C21H26F3N5O/c1-10-13(11(2)29-20(25-10)27-19(28-29)21(22,23)24)6-7-18(30)26-17-9-12-8-16(17)15-5-3-4-14(12)15/h12,14-17H,3-9H2,1-2H3,(H,26,30). The van der Waals surface area contributed by atoms with Crippen LogP contribution in [0.1, 0.15) is 61.3 Å².